The highest BCUT2D eigenvalue weighted by molar-refractivity contribution is 7.92. The molecule has 2 fully saturated rings. The Kier molecular flexibility index (Phi) is 7.45. The Bertz CT molecular complexity index is 1450. The summed E-state index contributed by atoms with van der Waals surface area (Å²) >= 11 is 6.25. The van der Waals surface area contributed by atoms with Crippen LogP contribution in [0.5, 0.6) is 0 Å². The number of carbonyl (C=O) groups is 1. The van der Waals surface area contributed by atoms with E-state index in [4.69, 9.17) is 11.6 Å². The van der Waals surface area contributed by atoms with Crippen molar-refractivity contribution in [3.05, 3.63) is 58.6 Å². The van der Waals surface area contributed by atoms with Gasteiger partial charge in [0.25, 0.3) is 5.91 Å². The zero-order valence-electron chi connectivity index (χ0n) is 20.0. The molecule has 0 radical (unpaired) electrons. The summed E-state index contributed by atoms with van der Waals surface area (Å²) in [6.45, 7) is 1.71. The summed E-state index contributed by atoms with van der Waals surface area (Å²) in [5.41, 5.74) is -1.43. The summed E-state index contributed by atoms with van der Waals surface area (Å²) in [4.78, 5) is 12.5. The summed E-state index contributed by atoms with van der Waals surface area (Å²) in [6, 6.07) is 6.57. The molecule has 0 saturated heterocycles. The molecule has 13 heteroatoms. The highest BCUT2D eigenvalue weighted by Gasteiger charge is 2.58. The van der Waals surface area contributed by atoms with E-state index in [2.05, 4.69) is 10.0 Å². The first-order chi connectivity index (χ1) is 17.1. The molecular weight excluding hydrogens is 550 g/mol. The molecule has 4 rings (SSSR count). The van der Waals surface area contributed by atoms with E-state index < -0.39 is 60.1 Å². The smallest absolute Gasteiger partial charge is 0.255 e. The lowest BCUT2D eigenvalue weighted by atomic mass is 9.73. The average Bonchev–Trinajstić information content (AvgIpc) is 2.93. The predicted octanol–water partition coefficient (Wildman–Crippen LogP) is 3.36. The van der Waals surface area contributed by atoms with Crippen LogP contribution in [0.25, 0.3) is 0 Å². The van der Waals surface area contributed by atoms with Crippen molar-refractivity contribution < 1.29 is 35.5 Å². The first-order valence-electron chi connectivity index (χ1n) is 11.6. The second kappa shape index (κ2) is 9.88. The minimum Gasteiger partial charge on any atom is -0.388 e. The van der Waals surface area contributed by atoms with Gasteiger partial charge in [-0.3, -0.25) is 4.79 Å². The Labute approximate surface area is 219 Å². The minimum atomic E-state index is -4.05. The van der Waals surface area contributed by atoms with Gasteiger partial charge in [-0.25, -0.2) is 30.3 Å². The number of rotatable bonds is 7. The van der Waals surface area contributed by atoms with Crippen molar-refractivity contribution in [2.45, 2.75) is 41.9 Å². The SMILES string of the molecule is C[C@H]1CC2C[C@@H](S(=O)(=O)c3cc(C(=O)Nc4ccc(F)c(F)c4)ccc3Cl)C[C@H]1[C@@]2(O)CNS(C)(=O)=O. The van der Waals surface area contributed by atoms with Crippen LogP contribution >= 0.6 is 11.6 Å². The maximum atomic E-state index is 13.7. The molecule has 2 bridgehead atoms. The Balaban J connectivity index is 1.58. The van der Waals surface area contributed by atoms with Crippen LogP contribution in [0.15, 0.2) is 41.3 Å². The molecule has 202 valence electrons. The first-order valence-corrected chi connectivity index (χ1v) is 15.4. The Hall–Kier alpha value is -2.12. The molecule has 0 aromatic heterocycles. The molecule has 8 nitrogen and oxygen atoms in total. The van der Waals surface area contributed by atoms with Crippen molar-refractivity contribution in [2.24, 2.45) is 17.8 Å². The van der Waals surface area contributed by atoms with E-state index in [0.29, 0.717) is 6.42 Å². The van der Waals surface area contributed by atoms with Gasteiger partial charge in [-0.15, -0.1) is 0 Å². The highest BCUT2D eigenvalue weighted by Crippen LogP contribution is 2.54. The van der Waals surface area contributed by atoms with Gasteiger partial charge in [-0.2, -0.15) is 0 Å². The quantitative estimate of drug-likeness (QED) is 0.463. The number of nitrogens with one attached hydrogen (secondary N) is 2. The van der Waals surface area contributed by atoms with Crippen molar-refractivity contribution in [1.82, 2.24) is 4.72 Å². The maximum absolute atomic E-state index is 13.7. The van der Waals surface area contributed by atoms with Gasteiger partial charge >= 0.3 is 0 Å². The third-order valence-corrected chi connectivity index (χ3v) is 10.8. The normalized spacial score (nSPS) is 27.7. The molecule has 0 heterocycles. The second-order valence-electron chi connectivity index (χ2n) is 9.97. The van der Waals surface area contributed by atoms with E-state index in [1.165, 1.54) is 18.2 Å². The number of benzene rings is 2. The molecule has 2 aromatic rings. The van der Waals surface area contributed by atoms with Gasteiger partial charge in [-0.1, -0.05) is 18.5 Å². The lowest BCUT2D eigenvalue weighted by Gasteiger charge is -2.43. The topological polar surface area (TPSA) is 130 Å². The molecule has 1 unspecified atom stereocenters. The third kappa shape index (κ3) is 5.53. The first kappa shape index (κ1) is 27.9. The average molecular weight is 577 g/mol. The fourth-order valence-corrected chi connectivity index (χ4v) is 8.51. The molecular formula is C24H27ClF2N2O6S2. The van der Waals surface area contributed by atoms with Crippen LogP contribution in [-0.2, 0) is 19.9 Å². The van der Waals surface area contributed by atoms with E-state index in [9.17, 15) is 35.5 Å². The molecule has 1 amide bonds. The summed E-state index contributed by atoms with van der Waals surface area (Å²) < 4.78 is 79.6. The molecule has 2 aromatic carbocycles. The molecule has 2 aliphatic rings. The number of amides is 1. The largest absolute Gasteiger partial charge is 0.388 e. The number of carbonyl (C=O) groups excluding carboxylic acids is 1. The number of halogens is 3. The summed E-state index contributed by atoms with van der Waals surface area (Å²) in [7, 11) is -7.60. The maximum Gasteiger partial charge on any atom is 0.255 e. The molecule has 0 aliphatic heterocycles. The van der Waals surface area contributed by atoms with Crippen LogP contribution < -0.4 is 10.0 Å². The number of fused-ring (bicyclic) bond motifs is 2. The van der Waals surface area contributed by atoms with E-state index in [1.807, 2.05) is 6.92 Å². The van der Waals surface area contributed by atoms with E-state index in [-0.39, 0.29) is 46.5 Å². The van der Waals surface area contributed by atoms with E-state index >= 15 is 0 Å². The van der Waals surface area contributed by atoms with E-state index in [1.54, 1.807) is 0 Å². The number of hydrogen-bond acceptors (Lipinski definition) is 6. The predicted molar refractivity (Wildman–Crippen MR) is 135 cm³/mol. The van der Waals surface area contributed by atoms with Crippen LogP contribution in [0, 0.1) is 29.4 Å². The lowest BCUT2D eigenvalue weighted by Crippen LogP contribution is -2.55. The summed E-state index contributed by atoms with van der Waals surface area (Å²) in [5.74, 6) is -3.90. The lowest BCUT2D eigenvalue weighted by molar-refractivity contribution is -0.0576. The van der Waals surface area contributed by atoms with Gasteiger partial charge in [-0.05, 0) is 67.3 Å². The molecule has 2 saturated carbocycles. The van der Waals surface area contributed by atoms with Gasteiger partial charge in [0.2, 0.25) is 10.0 Å². The number of sulfonamides is 1. The summed E-state index contributed by atoms with van der Waals surface area (Å²) in [5, 5.41) is 12.8. The Morgan fingerprint density at radius 1 is 1.08 bits per heavy atom. The molecule has 3 N–H and O–H groups in total. The van der Waals surface area contributed by atoms with Crippen LogP contribution in [0.4, 0.5) is 14.5 Å². The minimum absolute atomic E-state index is 0.0110. The van der Waals surface area contributed by atoms with Crippen molar-refractivity contribution >= 4 is 43.1 Å². The monoisotopic (exact) mass is 576 g/mol. The van der Waals surface area contributed by atoms with Gasteiger partial charge in [0.1, 0.15) is 0 Å². The van der Waals surface area contributed by atoms with Gasteiger partial charge in [0, 0.05) is 23.9 Å². The zero-order chi connectivity index (χ0) is 27.3. The number of sulfone groups is 1. The molecule has 37 heavy (non-hydrogen) atoms. The Morgan fingerprint density at radius 2 is 1.78 bits per heavy atom. The van der Waals surface area contributed by atoms with Gasteiger partial charge in [0.05, 0.1) is 27.0 Å². The molecule has 0 spiro atoms. The van der Waals surface area contributed by atoms with Crippen LogP contribution in [0.1, 0.15) is 36.5 Å². The fraction of sp³-hybridized carbons (Fsp3) is 0.458. The highest BCUT2D eigenvalue weighted by atomic mass is 35.5. The molecule has 2 aliphatic carbocycles. The van der Waals surface area contributed by atoms with E-state index in [0.717, 1.165) is 24.5 Å². The standard InChI is InChI=1S/C24H27ClF2N2O6S2/c1-13-7-15-9-17(11-18(13)24(15,31)12-28-36(2,32)33)37(34,35)22-8-14(3-5-19(22)25)23(30)29-16-4-6-20(26)21(27)10-16/h3-6,8,10,13,15,17-18,28,31H,7,9,11-12H2,1-2H3,(H,29,30)/t13-,15?,17+,18+,24+/m0/s1. The third-order valence-electron chi connectivity index (χ3n) is 7.49. The number of anilines is 1. The zero-order valence-corrected chi connectivity index (χ0v) is 22.4. The van der Waals surface area contributed by atoms with Crippen molar-refractivity contribution in [3.63, 3.8) is 0 Å². The van der Waals surface area contributed by atoms with Gasteiger partial charge in [0.15, 0.2) is 21.5 Å². The van der Waals surface area contributed by atoms with Crippen molar-refractivity contribution in [1.29, 1.82) is 0 Å². The summed E-state index contributed by atoms with van der Waals surface area (Å²) in [6.07, 6.45) is 1.74. The van der Waals surface area contributed by atoms with Crippen LogP contribution in [0.3, 0.4) is 0 Å². The van der Waals surface area contributed by atoms with Crippen molar-refractivity contribution in [3.8, 4) is 0 Å². The Morgan fingerprint density at radius 3 is 2.41 bits per heavy atom. The van der Waals surface area contributed by atoms with Gasteiger partial charge < -0.3 is 10.4 Å². The number of aliphatic hydroxyl groups is 1. The fourth-order valence-electron chi connectivity index (χ4n) is 5.64. The molecule has 5 atom stereocenters. The van der Waals surface area contributed by atoms with Crippen LogP contribution in [-0.4, -0.2) is 51.5 Å². The van der Waals surface area contributed by atoms with Crippen molar-refractivity contribution in [2.75, 3.05) is 18.1 Å². The number of hydrogen-bond donors (Lipinski definition) is 3. The second-order valence-corrected chi connectivity index (χ2v) is 14.4. The van der Waals surface area contributed by atoms with Crippen LogP contribution in [0.2, 0.25) is 5.02 Å².